The second-order valence-corrected chi connectivity index (χ2v) is 28.6. The molecule has 1 atom stereocenters. The lowest BCUT2D eigenvalue weighted by atomic mass is 10.2. The normalized spacial score (nSPS) is 14.3. The van der Waals surface area contributed by atoms with Gasteiger partial charge in [-0.25, -0.2) is 19.9 Å². The molecule has 0 radical (unpaired) electrons. The molecule has 4 saturated heterocycles. The molecule has 11 heterocycles. The van der Waals surface area contributed by atoms with E-state index in [1.165, 1.54) is 22.3 Å². The number of rotatable bonds is 29. The van der Waals surface area contributed by atoms with Crippen LogP contribution in [0.25, 0.3) is 0 Å². The molecule has 0 saturated carbocycles. The van der Waals surface area contributed by atoms with Crippen LogP contribution in [0.15, 0.2) is 227 Å². The van der Waals surface area contributed by atoms with E-state index in [1.54, 1.807) is 55.7 Å². The zero-order valence-corrected chi connectivity index (χ0v) is 69.8. The third-order valence-electron chi connectivity index (χ3n) is 18.8. The van der Waals surface area contributed by atoms with Gasteiger partial charge in [0.05, 0.1) is 84.3 Å². The summed E-state index contributed by atoms with van der Waals surface area (Å²) in [6.45, 7) is 24.5. The summed E-state index contributed by atoms with van der Waals surface area (Å²) in [6, 6.07) is 60.4. The first-order valence-electron chi connectivity index (χ1n) is 40.7. The summed E-state index contributed by atoms with van der Waals surface area (Å²) in [6.07, 6.45) is 14.2. The fourth-order valence-corrected chi connectivity index (χ4v) is 12.6. The largest absolute Gasteiger partial charge is 0.463 e. The van der Waals surface area contributed by atoms with Gasteiger partial charge in [-0.05, 0) is 93.6 Å². The molecule has 0 bridgehead atoms. The second kappa shape index (κ2) is 46.4. The Morgan fingerprint density at radius 3 is 1.12 bits per heavy atom. The van der Waals surface area contributed by atoms with Crippen LogP contribution in [-0.2, 0) is 38.6 Å². The number of morpholine rings is 4. The number of ether oxygens (including phenoxy) is 8. The SMILES string of the molecule is Cc1cccc(/C=N/Nc2cc(N3CCOCC3)nc(OC(C)c3ncccn3)n2)c1.Cc1cccc(/C=N/Nc2cc(N3CCOCC3)nc(OCCc3ccccn3)n2)c1.Cc1cccc(/C=N/Nc2cc(N3CCOCC3)nc(OCc3ccccc3)n2)c1.Cc1cccc(/C=N/Nc2cc(N3CCOCC3)nc(OCc3nccc(C)n3)n2)c1. The van der Waals surface area contributed by atoms with Crippen LogP contribution in [0.2, 0.25) is 0 Å². The predicted molar refractivity (Wildman–Crippen MR) is 476 cm³/mol. The summed E-state index contributed by atoms with van der Waals surface area (Å²) < 4.78 is 45.3. The molecule has 12 aromatic rings. The van der Waals surface area contributed by atoms with Gasteiger partial charge in [-0.3, -0.25) is 26.7 Å². The molecule has 5 aromatic carbocycles. The second-order valence-electron chi connectivity index (χ2n) is 28.6. The number of hydrogen-bond acceptors (Lipinski definition) is 33. The maximum Gasteiger partial charge on any atom is 0.321 e. The maximum absolute atomic E-state index is 5.96. The van der Waals surface area contributed by atoms with Crippen molar-refractivity contribution in [3.63, 3.8) is 0 Å². The van der Waals surface area contributed by atoms with Gasteiger partial charge in [-0.2, -0.15) is 60.3 Å². The molecule has 1 unspecified atom stereocenters. The van der Waals surface area contributed by atoms with Gasteiger partial charge >= 0.3 is 24.0 Å². The molecule has 4 N–H and O–H groups in total. The van der Waals surface area contributed by atoms with Crippen molar-refractivity contribution in [2.24, 2.45) is 20.4 Å². The standard InChI is InChI=1S/C23H26N6O2.C23H25N5O2.2C22H25N7O2/c1-18-5-4-6-19(15-18)17-25-28-21-16-22(29-10-13-30-14-11-29)27-23(26-21)31-12-8-20-7-2-3-9-24-20;1-18-6-5-9-20(14-18)16-24-27-21-15-22(28-10-12-29-13-11-28)26-23(25-21)30-17-19-7-3-2-4-8-19;1-16-5-3-6-18(13-16)15-25-28-19-14-20(29-9-11-30-12-10-29)27-22(26-19)31-17(2)21-23-7-4-8-24-21;1-16-4-3-5-18(12-16)14-24-28-19-13-21(29-8-10-30-11-9-29)27-22(26-19)31-15-20-23-7-6-17(2)25-20/h2-7,9,15-17H,8,10-14H2,1H3,(H,26,27,28);2-9,14-16H,10-13,17H2,1H3,(H,25,26,27);3-8,13-15,17H,9-12H2,1-2H3,(H,26,27,28);3-7,12-14H,8-11,15H2,1-2H3,(H,26,27,28)/b25-17+;24-16+;25-15+;24-14+. The van der Waals surface area contributed by atoms with E-state index in [0.717, 1.165) is 115 Å². The summed E-state index contributed by atoms with van der Waals surface area (Å²) in [4.78, 5) is 66.2. The van der Waals surface area contributed by atoms with Gasteiger partial charge in [0.2, 0.25) is 0 Å². The van der Waals surface area contributed by atoms with Crippen LogP contribution < -0.4 is 60.3 Å². The van der Waals surface area contributed by atoms with Crippen molar-refractivity contribution in [2.45, 2.75) is 67.3 Å². The summed E-state index contributed by atoms with van der Waals surface area (Å²) in [5.74, 6) is 6.48. The lowest BCUT2D eigenvalue weighted by molar-refractivity contribution is 0.122. The smallest absolute Gasteiger partial charge is 0.321 e. The van der Waals surface area contributed by atoms with Gasteiger partial charge < -0.3 is 57.5 Å². The highest BCUT2D eigenvalue weighted by Crippen LogP contribution is 2.28. The Bertz CT molecular complexity index is 5390. The minimum atomic E-state index is -0.398. The predicted octanol–water partition coefficient (Wildman–Crippen LogP) is 12.5. The molecule has 4 aliphatic rings. The number of aromatic nitrogens is 13. The van der Waals surface area contributed by atoms with Crippen molar-refractivity contribution < 1.29 is 37.9 Å². The average molecular weight is 1660 g/mol. The molecule has 4 fully saturated rings. The first-order valence-corrected chi connectivity index (χ1v) is 40.7. The molecule has 634 valence electrons. The van der Waals surface area contributed by atoms with Crippen LogP contribution in [-0.4, -0.2) is 201 Å². The molecule has 7 aromatic heterocycles. The van der Waals surface area contributed by atoms with Crippen LogP contribution in [0.3, 0.4) is 0 Å². The number of nitrogens with zero attached hydrogens (tertiary/aromatic N) is 21. The monoisotopic (exact) mass is 1660 g/mol. The van der Waals surface area contributed by atoms with Gasteiger partial charge in [-0.1, -0.05) is 156 Å². The zero-order valence-electron chi connectivity index (χ0n) is 69.8. The van der Waals surface area contributed by atoms with E-state index < -0.39 is 6.10 Å². The highest BCUT2D eigenvalue weighted by molar-refractivity contribution is 5.82. The maximum atomic E-state index is 5.96. The molecular formula is C90H101N25O8. The lowest BCUT2D eigenvalue weighted by Gasteiger charge is -2.28. The van der Waals surface area contributed by atoms with E-state index in [4.69, 9.17) is 37.9 Å². The average Bonchev–Trinajstić information content (AvgIpc) is 0.841. The molecule has 33 heteroatoms. The molecular weight excluding hydrogens is 1560 g/mol. The molecule has 0 aliphatic carbocycles. The highest BCUT2D eigenvalue weighted by atomic mass is 16.5. The van der Waals surface area contributed by atoms with E-state index in [9.17, 15) is 0 Å². The van der Waals surface area contributed by atoms with Crippen molar-refractivity contribution >= 4 is 71.4 Å². The molecule has 0 amide bonds. The number of pyridine rings is 1. The molecule has 16 rings (SSSR count). The minimum absolute atomic E-state index is 0.181. The summed E-state index contributed by atoms with van der Waals surface area (Å²) in [5.41, 5.74) is 23.7. The van der Waals surface area contributed by atoms with E-state index in [-0.39, 0.29) is 18.6 Å². The summed E-state index contributed by atoms with van der Waals surface area (Å²) in [7, 11) is 0. The van der Waals surface area contributed by atoms with Crippen molar-refractivity contribution in [3.05, 3.63) is 280 Å². The Kier molecular flexibility index (Phi) is 32.7. The van der Waals surface area contributed by atoms with Gasteiger partial charge in [0.1, 0.15) is 29.9 Å². The topological polar surface area (TPSA) is 352 Å². The van der Waals surface area contributed by atoms with Crippen molar-refractivity contribution in [2.75, 3.05) is 153 Å². The third-order valence-corrected chi connectivity index (χ3v) is 18.8. The number of hydrogen-bond donors (Lipinski definition) is 4. The summed E-state index contributed by atoms with van der Waals surface area (Å²) >= 11 is 0. The van der Waals surface area contributed by atoms with E-state index >= 15 is 0 Å². The molecule has 123 heavy (non-hydrogen) atoms. The number of nitrogens with one attached hydrogen (secondary N) is 4. The zero-order chi connectivity index (χ0) is 84.8. The number of hydrazone groups is 4. The third kappa shape index (κ3) is 29.1. The Morgan fingerprint density at radius 1 is 0.358 bits per heavy atom. The van der Waals surface area contributed by atoms with E-state index in [2.05, 4.69) is 177 Å². The van der Waals surface area contributed by atoms with Crippen LogP contribution in [0.5, 0.6) is 24.0 Å². The molecule has 0 spiro atoms. The quantitative estimate of drug-likeness (QED) is 0.0250. The fraction of sp³-hybridized carbons (Fsp3) is 0.300. The minimum Gasteiger partial charge on any atom is -0.463 e. The van der Waals surface area contributed by atoms with E-state index in [1.807, 2.05) is 167 Å². The number of benzene rings is 5. The van der Waals surface area contributed by atoms with Gasteiger partial charge in [0.25, 0.3) is 0 Å². The highest BCUT2D eigenvalue weighted by Gasteiger charge is 2.22. The van der Waals surface area contributed by atoms with Gasteiger partial charge in [0, 0.05) is 119 Å². The summed E-state index contributed by atoms with van der Waals surface area (Å²) in [5, 5.41) is 17.3. The van der Waals surface area contributed by atoms with Crippen molar-refractivity contribution in [1.29, 1.82) is 0 Å². The number of anilines is 8. The molecule has 4 aliphatic heterocycles. The Labute approximate surface area is 715 Å². The molecule has 33 nitrogen and oxygen atoms in total. The Morgan fingerprint density at radius 2 is 0.732 bits per heavy atom. The Balaban J connectivity index is 0.000000141. The first-order chi connectivity index (χ1) is 60.3. The van der Waals surface area contributed by atoms with Crippen LogP contribution >= 0.6 is 0 Å². The van der Waals surface area contributed by atoms with Crippen LogP contribution in [0.1, 0.15) is 86.1 Å². The number of aryl methyl sites for hydroxylation is 5. The first kappa shape index (κ1) is 86.7. The van der Waals surface area contributed by atoms with E-state index in [0.29, 0.717) is 119 Å². The van der Waals surface area contributed by atoms with Crippen LogP contribution in [0, 0.1) is 34.6 Å². The lowest BCUT2D eigenvalue weighted by Crippen LogP contribution is -2.36. The van der Waals surface area contributed by atoms with Crippen molar-refractivity contribution in [1.82, 2.24) is 64.8 Å². The van der Waals surface area contributed by atoms with Gasteiger partial charge in [-0.15, -0.1) is 0 Å². The van der Waals surface area contributed by atoms with Crippen molar-refractivity contribution in [3.8, 4) is 24.0 Å². The van der Waals surface area contributed by atoms with Gasteiger partial charge in [0.15, 0.2) is 47.6 Å². The fourth-order valence-electron chi connectivity index (χ4n) is 12.6. The van der Waals surface area contributed by atoms with Crippen LogP contribution in [0.4, 0.5) is 46.5 Å². The Hall–Kier alpha value is -14.2.